The fourth-order valence-electron chi connectivity index (χ4n) is 1.62. The molecule has 6 heteroatoms. The standard InChI is InChI=1S/C12H13FN4S/c1-17-5-4-15-11(17)7-16-10-3-2-8(13)6-9(10)12(14)18/h2-6,16H,7H2,1H3,(H2,14,18). The summed E-state index contributed by atoms with van der Waals surface area (Å²) in [6.07, 6.45) is 3.58. The van der Waals surface area contributed by atoms with Crippen LogP contribution < -0.4 is 11.1 Å². The van der Waals surface area contributed by atoms with Gasteiger partial charge in [-0.05, 0) is 18.2 Å². The van der Waals surface area contributed by atoms with Crippen LogP contribution >= 0.6 is 12.2 Å². The molecule has 0 aliphatic heterocycles. The fraction of sp³-hybridized carbons (Fsp3) is 0.167. The van der Waals surface area contributed by atoms with Gasteiger partial charge in [0.05, 0.1) is 6.54 Å². The topological polar surface area (TPSA) is 55.9 Å². The molecule has 18 heavy (non-hydrogen) atoms. The highest BCUT2D eigenvalue weighted by molar-refractivity contribution is 7.80. The molecule has 1 aromatic heterocycles. The highest BCUT2D eigenvalue weighted by Crippen LogP contribution is 2.17. The Morgan fingerprint density at radius 2 is 2.33 bits per heavy atom. The number of benzene rings is 1. The molecule has 94 valence electrons. The average molecular weight is 264 g/mol. The van der Waals surface area contributed by atoms with Crippen LogP contribution in [0.15, 0.2) is 30.6 Å². The quantitative estimate of drug-likeness (QED) is 0.827. The van der Waals surface area contributed by atoms with Crippen molar-refractivity contribution in [2.45, 2.75) is 6.54 Å². The van der Waals surface area contributed by atoms with Gasteiger partial charge in [0.15, 0.2) is 0 Å². The molecule has 0 fully saturated rings. The molecular weight excluding hydrogens is 251 g/mol. The number of nitrogens with two attached hydrogens (primary N) is 1. The lowest BCUT2D eigenvalue weighted by molar-refractivity contribution is 0.627. The highest BCUT2D eigenvalue weighted by Gasteiger charge is 2.07. The molecule has 0 unspecified atom stereocenters. The Morgan fingerprint density at radius 1 is 1.56 bits per heavy atom. The van der Waals surface area contributed by atoms with Gasteiger partial charge >= 0.3 is 0 Å². The van der Waals surface area contributed by atoms with Crippen molar-refractivity contribution < 1.29 is 4.39 Å². The van der Waals surface area contributed by atoms with E-state index in [4.69, 9.17) is 18.0 Å². The summed E-state index contributed by atoms with van der Waals surface area (Å²) in [5, 5.41) is 3.15. The number of thiocarbonyl (C=S) groups is 1. The van der Waals surface area contributed by atoms with Gasteiger partial charge in [0.25, 0.3) is 0 Å². The van der Waals surface area contributed by atoms with E-state index in [1.807, 2.05) is 17.8 Å². The SMILES string of the molecule is Cn1ccnc1CNc1ccc(F)cc1C(N)=S. The van der Waals surface area contributed by atoms with Crippen LogP contribution in [0.2, 0.25) is 0 Å². The van der Waals surface area contributed by atoms with E-state index < -0.39 is 0 Å². The fourth-order valence-corrected chi connectivity index (χ4v) is 1.78. The zero-order chi connectivity index (χ0) is 13.1. The summed E-state index contributed by atoms with van der Waals surface area (Å²) in [6.45, 7) is 0.519. The summed E-state index contributed by atoms with van der Waals surface area (Å²) in [4.78, 5) is 4.35. The smallest absolute Gasteiger partial charge is 0.127 e. The lowest BCUT2D eigenvalue weighted by Gasteiger charge is -2.11. The van der Waals surface area contributed by atoms with Gasteiger partial charge in [-0.1, -0.05) is 12.2 Å². The lowest BCUT2D eigenvalue weighted by Crippen LogP contribution is -2.14. The molecule has 3 N–H and O–H groups in total. The first-order valence-electron chi connectivity index (χ1n) is 5.37. The molecule has 0 saturated carbocycles. The zero-order valence-electron chi connectivity index (χ0n) is 9.85. The molecule has 0 aliphatic carbocycles. The predicted octanol–water partition coefficient (Wildman–Crippen LogP) is 1.81. The third-order valence-electron chi connectivity index (χ3n) is 2.60. The van der Waals surface area contributed by atoms with E-state index in [1.165, 1.54) is 12.1 Å². The first-order chi connectivity index (χ1) is 8.58. The van der Waals surface area contributed by atoms with Gasteiger partial charge in [-0.25, -0.2) is 9.37 Å². The van der Waals surface area contributed by atoms with E-state index >= 15 is 0 Å². The van der Waals surface area contributed by atoms with E-state index in [9.17, 15) is 4.39 Å². The van der Waals surface area contributed by atoms with E-state index in [0.29, 0.717) is 17.8 Å². The monoisotopic (exact) mass is 264 g/mol. The maximum Gasteiger partial charge on any atom is 0.127 e. The number of halogens is 1. The minimum atomic E-state index is -0.361. The van der Waals surface area contributed by atoms with Gasteiger partial charge in [0.1, 0.15) is 16.6 Å². The summed E-state index contributed by atoms with van der Waals surface area (Å²) in [7, 11) is 1.91. The van der Waals surface area contributed by atoms with Gasteiger partial charge in [-0.3, -0.25) is 0 Å². The van der Waals surface area contributed by atoms with Crippen molar-refractivity contribution in [2.75, 3.05) is 5.32 Å². The average Bonchev–Trinajstić information content (AvgIpc) is 2.73. The molecule has 4 nitrogen and oxygen atoms in total. The predicted molar refractivity (Wildman–Crippen MR) is 72.8 cm³/mol. The second-order valence-corrected chi connectivity index (χ2v) is 4.30. The summed E-state index contributed by atoms with van der Waals surface area (Å²) in [5.41, 5.74) is 6.77. The van der Waals surface area contributed by atoms with Crippen molar-refractivity contribution in [3.05, 3.63) is 47.8 Å². The largest absolute Gasteiger partial charge is 0.389 e. The first-order valence-corrected chi connectivity index (χ1v) is 5.78. The highest BCUT2D eigenvalue weighted by atomic mass is 32.1. The normalized spacial score (nSPS) is 10.3. The Bertz CT molecular complexity index is 579. The molecule has 2 rings (SSSR count). The molecule has 0 bridgehead atoms. The summed E-state index contributed by atoms with van der Waals surface area (Å²) in [5.74, 6) is 0.508. The van der Waals surface area contributed by atoms with E-state index in [0.717, 1.165) is 5.82 Å². The van der Waals surface area contributed by atoms with Crippen LogP contribution in [0.4, 0.5) is 10.1 Å². The van der Waals surface area contributed by atoms with Gasteiger partial charge in [0.2, 0.25) is 0 Å². The van der Waals surface area contributed by atoms with Crippen LogP contribution in [0.1, 0.15) is 11.4 Å². The van der Waals surface area contributed by atoms with Gasteiger partial charge in [0, 0.05) is 30.7 Å². The first kappa shape index (κ1) is 12.5. The van der Waals surface area contributed by atoms with Crippen LogP contribution in [0.25, 0.3) is 0 Å². The summed E-state index contributed by atoms with van der Waals surface area (Å²) in [6, 6.07) is 4.30. The number of rotatable bonds is 4. The minimum absolute atomic E-state index is 0.164. The number of nitrogens with one attached hydrogen (secondary N) is 1. The third-order valence-corrected chi connectivity index (χ3v) is 2.82. The van der Waals surface area contributed by atoms with E-state index in [-0.39, 0.29) is 10.8 Å². The molecule has 0 aliphatic rings. The minimum Gasteiger partial charge on any atom is -0.389 e. The molecule has 0 saturated heterocycles. The number of hydrogen-bond acceptors (Lipinski definition) is 3. The number of anilines is 1. The van der Waals surface area contributed by atoms with Crippen LogP contribution in [0.5, 0.6) is 0 Å². The van der Waals surface area contributed by atoms with Crippen LogP contribution in [-0.4, -0.2) is 14.5 Å². The number of nitrogens with zero attached hydrogens (tertiary/aromatic N) is 2. The summed E-state index contributed by atoms with van der Waals surface area (Å²) >= 11 is 4.90. The zero-order valence-corrected chi connectivity index (χ0v) is 10.7. The lowest BCUT2D eigenvalue weighted by atomic mass is 10.1. The number of aryl methyl sites for hydroxylation is 1. The van der Waals surface area contributed by atoms with E-state index in [2.05, 4.69) is 10.3 Å². The van der Waals surface area contributed by atoms with Gasteiger partial charge in [-0.15, -0.1) is 0 Å². The molecule has 0 atom stereocenters. The second-order valence-electron chi connectivity index (χ2n) is 3.86. The van der Waals surface area contributed by atoms with Crippen molar-refractivity contribution in [1.29, 1.82) is 0 Å². The second kappa shape index (κ2) is 5.14. The van der Waals surface area contributed by atoms with Gasteiger partial charge in [-0.2, -0.15) is 0 Å². The van der Waals surface area contributed by atoms with Crippen LogP contribution in [0.3, 0.4) is 0 Å². The Kier molecular flexibility index (Phi) is 3.57. The molecule has 1 aromatic carbocycles. The molecular formula is C12H13FN4S. The van der Waals surface area contributed by atoms with Crippen molar-refractivity contribution in [1.82, 2.24) is 9.55 Å². The van der Waals surface area contributed by atoms with Crippen molar-refractivity contribution in [3.8, 4) is 0 Å². The Morgan fingerprint density at radius 3 is 2.94 bits per heavy atom. The summed E-state index contributed by atoms with van der Waals surface area (Å²) < 4.78 is 15.0. The van der Waals surface area contributed by atoms with E-state index in [1.54, 1.807) is 12.3 Å². The maximum absolute atomic E-state index is 13.1. The Hall–Kier alpha value is -1.95. The number of aromatic nitrogens is 2. The molecule has 0 radical (unpaired) electrons. The third kappa shape index (κ3) is 2.65. The Balaban J connectivity index is 2.19. The van der Waals surface area contributed by atoms with Crippen LogP contribution in [-0.2, 0) is 13.6 Å². The van der Waals surface area contributed by atoms with Crippen molar-refractivity contribution >= 4 is 22.9 Å². The molecule has 2 aromatic rings. The number of imidazole rings is 1. The van der Waals surface area contributed by atoms with Gasteiger partial charge < -0.3 is 15.6 Å². The molecule has 1 heterocycles. The maximum atomic E-state index is 13.1. The molecule has 0 spiro atoms. The van der Waals surface area contributed by atoms with Crippen molar-refractivity contribution in [2.24, 2.45) is 12.8 Å². The number of hydrogen-bond donors (Lipinski definition) is 2. The molecule has 0 amide bonds. The Labute approximate surface area is 110 Å². The van der Waals surface area contributed by atoms with Crippen molar-refractivity contribution in [3.63, 3.8) is 0 Å². The van der Waals surface area contributed by atoms with Crippen LogP contribution in [0, 0.1) is 5.82 Å².